The Balaban J connectivity index is 3.31. The fourth-order valence-corrected chi connectivity index (χ4v) is 1.59. The number of rotatable bonds is 3. The van der Waals surface area contributed by atoms with Crippen molar-refractivity contribution in [3.63, 3.8) is 0 Å². The van der Waals surface area contributed by atoms with Crippen LogP contribution in [-0.4, -0.2) is 20.3 Å². The molecule has 0 saturated carbocycles. The second-order valence-electron chi connectivity index (χ2n) is 2.81. The number of hydrogen-bond donors (Lipinski definition) is 2. The van der Waals surface area contributed by atoms with Crippen molar-refractivity contribution in [1.29, 1.82) is 0 Å². The fourth-order valence-electron chi connectivity index (χ4n) is 1.10. The second-order valence-corrected chi connectivity index (χ2v) is 3.59. The van der Waals surface area contributed by atoms with E-state index < -0.39 is 6.03 Å². The molecule has 1 aromatic rings. The zero-order valence-electron chi connectivity index (χ0n) is 8.73. The molecule has 0 aromatic heterocycles. The van der Waals surface area contributed by atoms with E-state index in [1.165, 1.54) is 20.3 Å². The minimum atomic E-state index is -0.750. The van der Waals surface area contributed by atoms with Crippen molar-refractivity contribution >= 4 is 36.1 Å². The second kappa shape index (κ2) is 5.18. The molecule has 0 radical (unpaired) electrons. The Morgan fingerprint density at radius 1 is 1.44 bits per heavy atom. The molecule has 16 heavy (non-hydrogen) atoms. The first-order valence-corrected chi connectivity index (χ1v) is 4.99. The largest absolute Gasteiger partial charge is 0.497 e. The van der Waals surface area contributed by atoms with Crippen LogP contribution in [0.25, 0.3) is 0 Å². The molecular weight excluding hydrogens is 252 g/mol. The molecule has 0 atom stereocenters. The number of nitrogens with zero attached hydrogens (tertiary/aromatic N) is 1. The summed E-state index contributed by atoms with van der Waals surface area (Å²) >= 11 is 9.92. The number of ether oxygens (including phenoxy) is 2. The molecule has 0 fully saturated rings. The number of amides is 2. The van der Waals surface area contributed by atoms with Gasteiger partial charge in [0.2, 0.25) is 0 Å². The van der Waals surface area contributed by atoms with Crippen LogP contribution in [0.5, 0.6) is 11.5 Å². The summed E-state index contributed by atoms with van der Waals surface area (Å²) in [6, 6.07) is 2.37. The van der Waals surface area contributed by atoms with Gasteiger partial charge in [-0.2, -0.15) is 0 Å². The van der Waals surface area contributed by atoms with Crippen LogP contribution in [0.2, 0.25) is 5.02 Å². The van der Waals surface area contributed by atoms with E-state index in [2.05, 4.69) is 12.8 Å². The quantitative estimate of drug-likeness (QED) is 0.820. The number of urea groups is 1. The molecule has 2 N–H and O–H groups in total. The van der Waals surface area contributed by atoms with Crippen LogP contribution >= 0.6 is 24.4 Å². The van der Waals surface area contributed by atoms with Crippen LogP contribution in [0.1, 0.15) is 0 Å². The van der Waals surface area contributed by atoms with Crippen LogP contribution in [0.3, 0.4) is 0 Å². The van der Waals surface area contributed by atoms with Crippen LogP contribution in [0, 0.1) is 0 Å². The maximum Gasteiger partial charge on any atom is 0.329 e. The van der Waals surface area contributed by atoms with Gasteiger partial charge in [-0.3, -0.25) is 0 Å². The number of nitrogens with two attached hydrogens (primary N) is 1. The molecule has 0 unspecified atom stereocenters. The minimum absolute atomic E-state index is 0.233. The monoisotopic (exact) mass is 262 g/mol. The number of carbonyl (C=O) groups excluding carboxylic acids is 1. The van der Waals surface area contributed by atoms with Crippen LogP contribution in [0.4, 0.5) is 10.5 Å². The average molecular weight is 263 g/mol. The van der Waals surface area contributed by atoms with Gasteiger partial charge in [0.1, 0.15) is 16.5 Å². The van der Waals surface area contributed by atoms with Crippen molar-refractivity contribution < 1.29 is 14.3 Å². The van der Waals surface area contributed by atoms with Crippen molar-refractivity contribution in [2.75, 3.05) is 18.5 Å². The predicted octanol–water partition coefficient (Wildman–Crippen LogP) is 2.09. The van der Waals surface area contributed by atoms with E-state index in [1.54, 1.807) is 6.07 Å². The van der Waals surface area contributed by atoms with E-state index in [4.69, 9.17) is 26.8 Å². The Hall–Kier alpha value is -1.27. The Labute approximate surface area is 104 Å². The lowest BCUT2D eigenvalue weighted by atomic mass is 10.2. The maximum absolute atomic E-state index is 11.0. The number of hydrogen-bond acceptors (Lipinski definition) is 4. The van der Waals surface area contributed by atoms with Gasteiger partial charge in [-0.15, -0.1) is 0 Å². The van der Waals surface area contributed by atoms with Crippen LogP contribution in [0.15, 0.2) is 12.1 Å². The number of primary amides is 1. The Morgan fingerprint density at radius 2 is 2.06 bits per heavy atom. The van der Waals surface area contributed by atoms with Crippen molar-refractivity contribution in [3.05, 3.63) is 17.2 Å². The molecular formula is C9H11ClN2O3S. The van der Waals surface area contributed by atoms with Gasteiger partial charge in [-0.25, -0.2) is 9.10 Å². The zero-order chi connectivity index (χ0) is 12.3. The summed E-state index contributed by atoms with van der Waals surface area (Å²) in [6.45, 7) is 0. The standard InChI is InChI=1S/C9H11ClN2O3S/c1-14-5-3-6(12(16)9(11)13)8(10)7(4-5)15-2/h3-4,16H,1-2H3,(H2,11,13). The lowest BCUT2D eigenvalue weighted by Crippen LogP contribution is -2.27. The molecule has 5 nitrogen and oxygen atoms in total. The zero-order valence-corrected chi connectivity index (χ0v) is 10.4. The van der Waals surface area contributed by atoms with Gasteiger partial charge in [0.15, 0.2) is 0 Å². The Kier molecular flexibility index (Phi) is 4.14. The summed E-state index contributed by atoms with van der Waals surface area (Å²) in [6.07, 6.45) is 0. The maximum atomic E-state index is 11.0. The van der Waals surface area contributed by atoms with Gasteiger partial charge >= 0.3 is 6.03 Å². The normalized spacial score (nSPS) is 9.75. The summed E-state index contributed by atoms with van der Waals surface area (Å²) < 4.78 is 11.0. The summed E-state index contributed by atoms with van der Waals surface area (Å²) in [4.78, 5) is 11.0. The summed E-state index contributed by atoms with van der Waals surface area (Å²) in [5.74, 6) is 0.855. The van der Waals surface area contributed by atoms with E-state index in [0.29, 0.717) is 17.2 Å². The van der Waals surface area contributed by atoms with E-state index in [-0.39, 0.29) is 5.02 Å². The molecule has 0 heterocycles. The third kappa shape index (κ3) is 2.45. The number of anilines is 1. The highest BCUT2D eigenvalue weighted by Gasteiger charge is 2.17. The third-order valence-corrected chi connectivity index (χ3v) is 2.68. The minimum Gasteiger partial charge on any atom is -0.497 e. The smallest absolute Gasteiger partial charge is 0.329 e. The number of thiol groups is 1. The molecule has 1 rings (SSSR count). The molecule has 0 bridgehead atoms. The highest BCUT2D eigenvalue weighted by Crippen LogP contribution is 2.39. The molecule has 88 valence electrons. The van der Waals surface area contributed by atoms with E-state index in [1.807, 2.05) is 0 Å². The highest BCUT2D eigenvalue weighted by atomic mass is 35.5. The number of methoxy groups -OCH3 is 2. The average Bonchev–Trinajstić information content (AvgIpc) is 2.28. The molecule has 7 heteroatoms. The van der Waals surface area contributed by atoms with E-state index in [0.717, 1.165) is 4.31 Å². The molecule has 0 aliphatic heterocycles. The van der Waals surface area contributed by atoms with Crippen molar-refractivity contribution in [2.24, 2.45) is 5.73 Å². The fraction of sp³-hybridized carbons (Fsp3) is 0.222. The lowest BCUT2D eigenvalue weighted by molar-refractivity contribution is 0.257. The number of benzene rings is 1. The van der Waals surface area contributed by atoms with Gasteiger partial charge in [0.05, 0.1) is 19.9 Å². The van der Waals surface area contributed by atoms with E-state index >= 15 is 0 Å². The Morgan fingerprint density at radius 3 is 2.50 bits per heavy atom. The van der Waals surface area contributed by atoms with Gasteiger partial charge in [-0.05, 0) is 0 Å². The first-order chi connectivity index (χ1) is 7.51. The summed E-state index contributed by atoms with van der Waals surface area (Å²) in [7, 11) is 2.94. The van der Waals surface area contributed by atoms with Gasteiger partial charge < -0.3 is 15.2 Å². The summed E-state index contributed by atoms with van der Waals surface area (Å²) in [5.41, 5.74) is 5.39. The molecule has 0 aliphatic carbocycles. The topological polar surface area (TPSA) is 64.8 Å². The molecule has 1 aromatic carbocycles. The first kappa shape index (κ1) is 12.8. The molecule has 0 spiro atoms. The highest BCUT2D eigenvalue weighted by molar-refractivity contribution is 7.82. The third-order valence-electron chi connectivity index (χ3n) is 1.89. The van der Waals surface area contributed by atoms with Crippen molar-refractivity contribution in [3.8, 4) is 11.5 Å². The van der Waals surface area contributed by atoms with Gasteiger partial charge in [0, 0.05) is 12.1 Å². The van der Waals surface area contributed by atoms with Crippen molar-refractivity contribution in [1.82, 2.24) is 0 Å². The lowest BCUT2D eigenvalue weighted by Gasteiger charge is -2.17. The summed E-state index contributed by atoms with van der Waals surface area (Å²) in [5, 5.41) is 0.233. The van der Waals surface area contributed by atoms with Crippen LogP contribution < -0.4 is 19.5 Å². The predicted molar refractivity (Wildman–Crippen MR) is 65.6 cm³/mol. The van der Waals surface area contributed by atoms with Crippen LogP contribution in [-0.2, 0) is 0 Å². The molecule has 2 amide bonds. The molecule has 0 saturated heterocycles. The number of carbonyl (C=O) groups is 1. The number of halogens is 1. The Bertz CT molecular complexity index is 414. The first-order valence-electron chi connectivity index (χ1n) is 4.21. The van der Waals surface area contributed by atoms with E-state index in [9.17, 15) is 4.79 Å². The van der Waals surface area contributed by atoms with Gasteiger partial charge in [-0.1, -0.05) is 24.4 Å². The SMILES string of the molecule is COc1cc(OC)c(Cl)c(N(S)C(N)=O)c1. The molecule has 0 aliphatic rings. The van der Waals surface area contributed by atoms with Gasteiger partial charge in [0.25, 0.3) is 0 Å². The van der Waals surface area contributed by atoms with Crippen molar-refractivity contribution in [2.45, 2.75) is 0 Å².